The minimum absolute atomic E-state index is 0.130. The van der Waals surface area contributed by atoms with E-state index in [-0.39, 0.29) is 17.6 Å². The summed E-state index contributed by atoms with van der Waals surface area (Å²) in [5.74, 6) is 2.03. The van der Waals surface area contributed by atoms with Gasteiger partial charge in [0.05, 0.1) is 0 Å². The first-order valence-corrected chi connectivity index (χ1v) is 8.82. The molecule has 0 aliphatic carbocycles. The quantitative estimate of drug-likeness (QED) is 0.510. The van der Waals surface area contributed by atoms with Crippen LogP contribution in [0, 0.1) is 0 Å². The molecule has 0 aliphatic rings. The van der Waals surface area contributed by atoms with Gasteiger partial charge in [-0.3, -0.25) is 0 Å². The molecule has 1 atom stereocenters. The van der Waals surface area contributed by atoms with E-state index < -0.39 is 0 Å². The molecule has 0 spiro atoms. The average Bonchev–Trinajstić information content (AvgIpc) is 2.66. The van der Waals surface area contributed by atoms with Crippen LogP contribution in [0.5, 0.6) is 23.0 Å². The second-order valence-electron chi connectivity index (χ2n) is 6.63. The molecule has 0 saturated heterocycles. The van der Waals surface area contributed by atoms with Crippen LogP contribution in [0.1, 0.15) is 6.92 Å². The van der Waals surface area contributed by atoms with Crippen molar-refractivity contribution in [2.24, 2.45) is 0 Å². The molecule has 4 aromatic rings. The number of hydrogen-bond acceptors (Lipinski definition) is 4. The SMILES string of the molecule is CC(COc1ccc2cc(O)ccc2c1)Oc1ccc2cc(O)ccc2c1. The molecule has 2 N–H and O–H groups in total. The minimum Gasteiger partial charge on any atom is -0.508 e. The second kappa shape index (κ2) is 7.08. The summed E-state index contributed by atoms with van der Waals surface area (Å²) in [5, 5.41) is 23.0. The van der Waals surface area contributed by atoms with Gasteiger partial charge in [-0.2, -0.15) is 0 Å². The molecule has 0 aromatic heterocycles. The molecule has 0 bridgehead atoms. The fourth-order valence-electron chi connectivity index (χ4n) is 3.07. The third-order valence-corrected chi connectivity index (χ3v) is 4.41. The number of aromatic hydroxyl groups is 2. The molecule has 0 radical (unpaired) electrons. The average molecular weight is 360 g/mol. The van der Waals surface area contributed by atoms with Crippen LogP contribution < -0.4 is 9.47 Å². The number of hydrogen-bond donors (Lipinski definition) is 2. The van der Waals surface area contributed by atoms with Crippen molar-refractivity contribution in [3.8, 4) is 23.0 Å². The van der Waals surface area contributed by atoms with Crippen molar-refractivity contribution >= 4 is 21.5 Å². The van der Waals surface area contributed by atoms with Crippen molar-refractivity contribution in [3.05, 3.63) is 72.8 Å². The predicted molar refractivity (Wildman–Crippen MR) is 107 cm³/mol. The number of ether oxygens (including phenoxy) is 2. The van der Waals surface area contributed by atoms with Crippen LogP contribution in [0.15, 0.2) is 72.8 Å². The van der Waals surface area contributed by atoms with E-state index in [0.717, 1.165) is 33.0 Å². The highest BCUT2D eigenvalue weighted by Gasteiger charge is 2.07. The highest BCUT2D eigenvalue weighted by Crippen LogP contribution is 2.26. The minimum atomic E-state index is -0.130. The summed E-state index contributed by atoms with van der Waals surface area (Å²) in [6, 6.07) is 22.0. The van der Waals surface area contributed by atoms with E-state index in [1.165, 1.54) is 0 Å². The predicted octanol–water partition coefficient (Wildman–Crippen LogP) is 5.25. The third-order valence-electron chi connectivity index (χ3n) is 4.41. The van der Waals surface area contributed by atoms with Gasteiger partial charge in [-0.05, 0) is 77.0 Å². The van der Waals surface area contributed by atoms with Gasteiger partial charge in [0.2, 0.25) is 0 Å². The molecule has 0 aliphatic heterocycles. The van der Waals surface area contributed by atoms with Crippen molar-refractivity contribution in [2.75, 3.05) is 6.61 Å². The van der Waals surface area contributed by atoms with Gasteiger partial charge in [0.25, 0.3) is 0 Å². The van der Waals surface area contributed by atoms with Gasteiger partial charge in [0, 0.05) is 0 Å². The lowest BCUT2D eigenvalue weighted by Gasteiger charge is -2.16. The van der Waals surface area contributed by atoms with Gasteiger partial charge in [-0.1, -0.05) is 24.3 Å². The van der Waals surface area contributed by atoms with E-state index in [0.29, 0.717) is 6.61 Å². The van der Waals surface area contributed by atoms with Crippen LogP contribution in [0.25, 0.3) is 21.5 Å². The van der Waals surface area contributed by atoms with Crippen LogP contribution in [0.4, 0.5) is 0 Å². The van der Waals surface area contributed by atoms with E-state index >= 15 is 0 Å². The lowest BCUT2D eigenvalue weighted by Crippen LogP contribution is -2.21. The molecule has 136 valence electrons. The van der Waals surface area contributed by atoms with Crippen molar-refractivity contribution in [1.29, 1.82) is 0 Å². The molecule has 0 heterocycles. The summed E-state index contributed by atoms with van der Waals surface area (Å²) >= 11 is 0. The Kier molecular flexibility index (Phi) is 4.47. The molecule has 4 heteroatoms. The smallest absolute Gasteiger partial charge is 0.130 e. The molecular weight excluding hydrogens is 340 g/mol. The number of phenols is 2. The lowest BCUT2D eigenvalue weighted by atomic mass is 10.1. The van der Waals surface area contributed by atoms with Crippen LogP contribution >= 0.6 is 0 Å². The lowest BCUT2D eigenvalue weighted by molar-refractivity contribution is 0.143. The summed E-state index contributed by atoms with van der Waals surface area (Å²) in [5.41, 5.74) is 0. The zero-order chi connectivity index (χ0) is 18.8. The van der Waals surface area contributed by atoms with E-state index in [1.807, 2.05) is 55.5 Å². The second-order valence-corrected chi connectivity index (χ2v) is 6.63. The fraction of sp³-hybridized carbons (Fsp3) is 0.130. The van der Waals surface area contributed by atoms with Crippen molar-refractivity contribution in [1.82, 2.24) is 0 Å². The summed E-state index contributed by atoms with van der Waals surface area (Å²) in [6.45, 7) is 2.37. The number of benzene rings is 4. The standard InChI is InChI=1S/C23H20O4/c1-15(27-23-9-5-17-11-21(25)7-3-19(17)13-23)14-26-22-8-4-16-10-20(24)6-2-18(16)12-22/h2-13,15,24-25H,14H2,1H3. The highest BCUT2D eigenvalue weighted by atomic mass is 16.5. The first-order valence-electron chi connectivity index (χ1n) is 8.82. The number of rotatable bonds is 5. The Balaban J connectivity index is 1.41. The summed E-state index contributed by atoms with van der Waals surface area (Å²) < 4.78 is 11.8. The van der Waals surface area contributed by atoms with Crippen molar-refractivity contribution in [2.45, 2.75) is 13.0 Å². The van der Waals surface area contributed by atoms with Gasteiger partial charge in [-0.15, -0.1) is 0 Å². The maximum absolute atomic E-state index is 9.54. The van der Waals surface area contributed by atoms with Crippen LogP contribution in [-0.4, -0.2) is 22.9 Å². The summed E-state index contributed by atoms with van der Waals surface area (Å²) in [7, 11) is 0. The summed E-state index contributed by atoms with van der Waals surface area (Å²) in [4.78, 5) is 0. The van der Waals surface area contributed by atoms with Gasteiger partial charge in [0.1, 0.15) is 35.7 Å². The van der Waals surface area contributed by atoms with E-state index in [1.54, 1.807) is 24.3 Å². The molecule has 4 nitrogen and oxygen atoms in total. The van der Waals surface area contributed by atoms with Gasteiger partial charge in [-0.25, -0.2) is 0 Å². The Labute approximate surface area is 157 Å². The fourth-order valence-corrected chi connectivity index (χ4v) is 3.07. The molecule has 0 saturated carbocycles. The van der Waals surface area contributed by atoms with Gasteiger partial charge < -0.3 is 19.7 Å². The molecule has 4 rings (SSSR count). The Morgan fingerprint density at radius 3 is 1.78 bits per heavy atom. The molecule has 1 unspecified atom stereocenters. The van der Waals surface area contributed by atoms with Crippen molar-refractivity contribution in [3.63, 3.8) is 0 Å². The monoisotopic (exact) mass is 360 g/mol. The summed E-state index contributed by atoms with van der Waals surface area (Å²) in [6.07, 6.45) is -0.130. The van der Waals surface area contributed by atoms with Gasteiger partial charge in [0.15, 0.2) is 0 Å². The normalized spacial score (nSPS) is 12.2. The van der Waals surface area contributed by atoms with Crippen LogP contribution in [0.3, 0.4) is 0 Å². The van der Waals surface area contributed by atoms with E-state index in [9.17, 15) is 10.2 Å². The first kappa shape index (κ1) is 17.0. The zero-order valence-electron chi connectivity index (χ0n) is 14.9. The van der Waals surface area contributed by atoms with Crippen LogP contribution in [0.2, 0.25) is 0 Å². The number of fused-ring (bicyclic) bond motifs is 2. The maximum Gasteiger partial charge on any atom is 0.130 e. The Morgan fingerprint density at radius 2 is 1.15 bits per heavy atom. The third kappa shape index (κ3) is 3.90. The first-order chi connectivity index (χ1) is 13.1. The Hall–Kier alpha value is -3.40. The molecule has 27 heavy (non-hydrogen) atoms. The van der Waals surface area contributed by atoms with E-state index in [4.69, 9.17) is 9.47 Å². The maximum atomic E-state index is 9.54. The highest BCUT2D eigenvalue weighted by molar-refractivity contribution is 5.85. The van der Waals surface area contributed by atoms with E-state index in [2.05, 4.69) is 0 Å². The largest absolute Gasteiger partial charge is 0.508 e. The molecule has 4 aromatic carbocycles. The number of phenolic OH excluding ortho intramolecular Hbond substituents is 2. The van der Waals surface area contributed by atoms with Crippen molar-refractivity contribution < 1.29 is 19.7 Å². The zero-order valence-corrected chi connectivity index (χ0v) is 14.9. The topological polar surface area (TPSA) is 58.9 Å². The Morgan fingerprint density at radius 1 is 0.667 bits per heavy atom. The Bertz CT molecular complexity index is 1100. The van der Waals surface area contributed by atoms with Crippen LogP contribution in [-0.2, 0) is 0 Å². The molecular formula is C23H20O4. The van der Waals surface area contributed by atoms with Gasteiger partial charge >= 0.3 is 0 Å². The molecule has 0 fully saturated rings. The molecule has 0 amide bonds.